The van der Waals surface area contributed by atoms with Crippen LogP contribution in [0.15, 0.2) is 89.5 Å². The molecule has 0 radical (unpaired) electrons. The molecule has 10 heterocycles. The maximum atomic E-state index is 4.33. The molecule has 264 valence electrons. The minimum atomic E-state index is -0.103. The highest BCUT2D eigenvalue weighted by atomic mass is 15.2. The number of hydrogen-bond acceptors (Lipinski definition) is 8. The predicted molar refractivity (Wildman–Crippen MR) is 217 cm³/mol. The van der Waals surface area contributed by atoms with Gasteiger partial charge in [-0.3, -0.25) is 0 Å². The lowest BCUT2D eigenvalue weighted by atomic mass is 10.1. The Hall–Kier alpha value is -7.92. The van der Waals surface area contributed by atoms with Gasteiger partial charge in [0.2, 0.25) is 0 Å². The van der Waals surface area contributed by atoms with E-state index in [4.69, 9.17) is 0 Å². The van der Waals surface area contributed by atoms with Crippen molar-refractivity contribution in [2.75, 3.05) is 0 Å². The molecule has 0 saturated heterocycles. The van der Waals surface area contributed by atoms with Crippen LogP contribution in [0.4, 0.5) is 0 Å². The van der Waals surface area contributed by atoms with Gasteiger partial charge in [0.15, 0.2) is 0 Å². The lowest BCUT2D eigenvalue weighted by molar-refractivity contribution is 0.663. The molecule has 8 nitrogen and oxygen atoms in total. The van der Waals surface area contributed by atoms with Gasteiger partial charge in [-0.2, -0.15) is 40.9 Å². The molecule has 11 rings (SSSR count). The van der Waals surface area contributed by atoms with E-state index in [0.29, 0.717) is 51.4 Å². The van der Waals surface area contributed by atoms with Crippen molar-refractivity contribution in [3.63, 3.8) is 0 Å². The van der Waals surface area contributed by atoms with Gasteiger partial charge in [0.05, 0.1) is 48.3 Å². The summed E-state index contributed by atoms with van der Waals surface area (Å²) < 4.78 is 0. The Labute approximate surface area is 330 Å². The largest absolute Gasteiger partial charge is 0.185 e. The Kier molecular flexibility index (Phi) is 17.1. The van der Waals surface area contributed by atoms with Crippen LogP contribution < -0.4 is 0 Å². The normalized spacial score (nSPS) is 26.9. The van der Waals surface area contributed by atoms with Crippen LogP contribution in [0.1, 0.15) is 51.4 Å². The third-order valence-electron chi connectivity index (χ3n) is 7.62. The van der Waals surface area contributed by atoms with Gasteiger partial charge in [-0.1, -0.05) is 96.0 Å². The Bertz CT molecular complexity index is 1950. The van der Waals surface area contributed by atoms with E-state index in [1.165, 1.54) is 0 Å². The van der Waals surface area contributed by atoms with Crippen LogP contribution in [0.3, 0.4) is 0 Å². The summed E-state index contributed by atoms with van der Waals surface area (Å²) >= 11 is 0. The fraction of sp³-hybridized carbons (Fsp3) is 0.333. The molecule has 0 fully saturated rings. The van der Waals surface area contributed by atoms with Crippen LogP contribution in [0.2, 0.25) is 0 Å². The quantitative estimate of drug-likeness (QED) is 0.211. The SMILES string of the molecule is C1#CC#CCC2C=CC(CC#CC#CC#CCC3C=CC(CC#CC#CC#CCC4C=CC(CC#CC#CC#CCC5C=CC(CC#C1)N=N5)N=N4)N=N3)N=N2. The molecule has 0 spiro atoms. The molecule has 0 aromatic carbocycles. The molecule has 8 atom stereocenters. The lowest BCUT2D eigenvalue weighted by Crippen LogP contribution is -2.09. The maximum absolute atomic E-state index is 4.33. The number of azo groups is 4. The molecule has 10 aliphatic heterocycles. The zero-order valence-electron chi connectivity index (χ0n) is 30.5. The van der Waals surface area contributed by atoms with Crippen molar-refractivity contribution < 1.29 is 0 Å². The van der Waals surface area contributed by atoms with Gasteiger partial charge in [0, 0.05) is 51.4 Å². The third kappa shape index (κ3) is 16.2. The lowest BCUT2D eigenvalue weighted by Gasteiger charge is -2.10. The average molecular weight is 721 g/mol. The Morgan fingerprint density at radius 2 is 0.321 bits per heavy atom. The maximum Gasteiger partial charge on any atom is 0.0999 e. The van der Waals surface area contributed by atoms with Crippen molar-refractivity contribution in [2.24, 2.45) is 40.9 Å². The van der Waals surface area contributed by atoms with Gasteiger partial charge in [-0.05, 0) is 94.7 Å². The van der Waals surface area contributed by atoms with Gasteiger partial charge in [0.25, 0.3) is 0 Å². The summed E-state index contributed by atoms with van der Waals surface area (Å²) in [5, 5.41) is 34.6. The molecule has 8 unspecified atom stereocenters. The van der Waals surface area contributed by atoms with Crippen LogP contribution in [-0.4, -0.2) is 48.3 Å². The first-order valence-corrected chi connectivity index (χ1v) is 18.0. The highest BCUT2D eigenvalue weighted by Gasteiger charge is 2.13. The predicted octanol–water partition coefficient (Wildman–Crippen LogP) is 6.20. The second-order valence-electron chi connectivity index (χ2n) is 12.0. The second kappa shape index (κ2) is 24.3. The van der Waals surface area contributed by atoms with E-state index in [2.05, 4.69) is 183 Å². The summed E-state index contributed by atoms with van der Waals surface area (Å²) in [5.74, 6) is 68.8. The Morgan fingerprint density at radius 1 is 0.196 bits per heavy atom. The summed E-state index contributed by atoms with van der Waals surface area (Å²) in [6.07, 6.45) is 20.1. The van der Waals surface area contributed by atoms with Crippen LogP contribution >= 0.6 is 0 Å². The average Bonchev–Trinajstić information content (AvgIpc) is 3.23. The van der Waals surface area contributed by atoms with Crippen LogP contribution in [0.5, 0.6) is 0 Å². The first-order chi connectivity index (χ1) is 27.8. The van der Waals surface area contributed by atoms with E-state index < -0.39 is 0 Å². The van der Waals surface area contributed by atoms with Crippen LogP contribution in [-0.2, 0) is 0 Å². The number of rotatable bonds is 0. The van der Waals surface area contributed by atoms with Crippen molar-refractivity contribution in [1.29, 1.82) is 0 Å². The van der Waals surface area contributed by atoms with E-state index >= 15 is 0 Å². The zero-order valence-corrected chi connectivity index (χ0v) is 30.5. The highest BCUT2D eigenvalue weighted by Crippen LogP contribution is 2.15. The minimum absolute atomic E-state index is 0.103. The molecule has 11 aliphatic rings. The van der Waals surface area contributed by atoms with Crippen molar-refractivity contribution >= 4 is 0 Å². The summed E-state index contributed by atoms with van der Waals surface area (Å²) in [6.45, 7) is 0. The Morgan fingerprint density at radius 3 is 0.429 bits per heavy atom. The fourth-order valence-electron chi connectivity index (χ4n) is 4.74. The van der Waals surface area contributed by atoms with Gasteiger partial charge >= 0.3 is 0 Å². The highest BCUT2D eigenvalue weighted by molar-refractivity contribution is 5.39. The van der Waals surface area contributed by atoms with Crippen molar-refractivity contribution in [3.05, 3.63) is 48.6 Å². The van der Waals surface area contributed by atoms with Crippen molar-refractivity contribution in [3.8, 4) is 142 Å². The number of hydrogen-bond donors (Lipinski definition) is 0. The van der Waals surface area contributed by atoms with E-state index in [-0.39, 0.29) is 48.3 Å². The van der Waals surface area contributed by atoms with Crippen LogP contribution in [0, 0.1) is 142 Å². The van der Waals surface area contributed by atoms with E-state index in [9.17, 15) is 0 Å². The monoisotopic (exact) mass is 720 g/mol. The molecule has 0 N–H and O–H groups in total. The van der Waals surface area contributed by atoms with Crippen molar-refractivity contribution in [2.45, 2.75) is 99.7 Å². The number of nitrogens with zero attached hydrogens (tertiary/aromatic N) is 8. The molecule has 8 heteroatoms. The molecule has 1 aliphatic carbocycles. The first-order valence-electron chi connectivity index (χ1n) is 18.0. The second-order valence-corrected chi connectivity index (χ2v) is 12.0. The molecule has 0 saturated carbocycles. The molecule has 0 aromatic rings. The smallest absolute Gasteiger partial charge is 0.0999 e. The molecular formula is C48H32N8. The summed E-state index contributed by atoms with van der Waals surface area (Å²) in [6, 6.07) is -0.828. The third-order valence-corrected chi connectivity index (χ3v) is 7.62. The first kappa shape index (κ1) is 39.3. The van der Waals surface area contributed by atoms with E-state index in [1.54, 1.807) is 0 Å². The van der Waals surface area contributed by atoms with E-state index in [1.807, 2.05) is 48.6 Å². The minimum Gasteiger partial charge on any atom is -0.185 e. The molecule has 8 bridgehead atoms. The molecular weight excluding hydrogens is 689 g/mol. The van der Waals surface area contributed by atoms with Gasteiger partial charge < -0.3 is 0 Å². The summed E-state index contributed by atoms with van der Waals surface area (Å²) in [7, 11) is 0. The standard InChI is InChI=1S/C48H32N8/c1-2-10-18-26-42-35-36-44(52-50-42)28-20-12-5-6-14-22-30-46-39-40-48(56-54-46)32-24-16-8-7-15-23-31-47-38-37-45(53-55-47)29-21-13-4-3-11-19-27-43-34-33-41(49-51-43)25-17-9-1/h33-48H,25-32H2. The molecule has 0 aromatic heterocycles. The van der Waals surface area contributed by atoms with Gasteiger partial charge in [-0.25, -0.2) is 0 Å². The summed E-state index contributed by atoms with van der Waals surface area (Å²) in [5.41, 5.74) is 0. The van der Waals surface area contributed by atoms with Crippen LogP contribution in [0.25, 0.3) is 0 Å². The zero-order chi connectivity index (χ0) is 38.6. The topological polar surface area (TPSA) is 98.9 Å². The summed E-state index contributed by atoms with van der Waals surface area (Å²) in [4.78, 5) is 0. The van der Waals surface area contributed by atoms with Crippen molar-refractivity contribution in [1.82, 2.24) is 0 Å². The Balaban J connectivity index is 1.13. The van der Waals surface area contributed by atoms with Gasteiger partial charge in [0.1, 0.15) is 0 Å². The van der Waals surface area contributed by atoms with E-state index in [0.717, 1.165) is 0 Å². The molecule has 56 heavy (non-hydrogen) atoms. The fourth-order valence-corrected chi connectivity index (χ4v) is 4.74. The van der Waals surface area contributed by atoms with Gasteiger partial charge in [-0.15, -0.1) is 0 Å². The molecule has 0 amide bonds.